The Morgan fingerprint density at radius 1 is 1.24 bits per heavy atom. The van der Waals surface area contributed by atoms with Gasteiger partial charge in [-0.25, -0.2) is 0 Å². The molecule has 0 unspecified atom stereocenters. The number of nitrogens with one attached hydrogen (secondary N) is 1. The van der Waals surface area contributed by atoms with Crippen molar-refractivity contribution in [3.8, 4) is 11.5 Å². The molecule has 2 rings (SSSR count). The maximum absolute atomic E-state index is 12.3. The number of ether oxygens (including phenoxy) is 2. The summed E-state index contributed by atoms with van der Waals surface area (Å²) in [7, 11) is 1.55. The Hall–Kier alpha value is -2.69. The monoisotopic (exact) mass is 286 g/mol. The summed E-state index contributed by atoms with van der Waals surface area (Å²) in [5.41, 5.74) is 7.24. The van der Waals surface area contributed by atoms with Gasteiger partial charge in [0.2, 0.25) is 0 Å². The summed E-state index contributed by atoms with van der Waals surface area (Å²) < 4.78 is 10.5. The maximum atomic E-state index is 12.3. The van der Waals surface area contributed by atoms with Crippen molar-refractivity contribution in [1.82, 2.24) is 0 Å². The number of rotatable bonds is 5. The number of nitrogen functional groups attached to an aromatic ring is 1. The Kier molecular flexibility index (Phi) is 4.66. The Balaban J connectivity index is 2.22. The molecule has 0 aromatic heterocycles. The predicted molar refractivity (Wildman–Crippen MR) is 83.0 cm³/mol. The van der Waals surface area contributed by atoms with Crippen molar-refractivity contribution in [3.63, 3.8) is 0 Å². The number of carbonyl (C=O) groups excluding carboxylic acids is 1. The van der Waals surface area contributed by atoms with E-state index in [1.165, 1.54) is 0 Å². The Morgan fingerprint density at radius 2 is 2.00 bits per heavy atom. The van der Waals surface area contributed by atoms with E-state index in [0.29, 0.717) is 35.0 Å². The van der Waals surface area contributed by atoms with Crippen molar-refractivity contribution in [2.45, 2.75) is 6.92 Å². The maximum Gasteiger partial charge on any atom is 0.257 e. The number of hydrogen-bond acceptors (Lipinski definition) is 4. The molecule has 0 radical (unpaired) electrons. The number of benzene rings is 2. The number of nitrogens with two attached hydrogens (primary N) is 1. The van der Waals surface area contributed by atoms with Crippen molar-refractivity contribution < 1.29 is 14.3 Å². The van der Waals surface area contributed by atoms with Crippen molar-refractivity contribution in [1.29, 1.82) is 0 Å². The second-order valence-corrected chi connectivity index (χ2v) is 4.34. The average molecular weight is 286 g/mol. The summed E-state index contributed by atoms with van der Waals surface area (Å²) in [4.78, 5) is 12.3. The molecule has 0 aliphatic carbocycles. The molecular weight excluding hydrogens is 268 g/mol. The SMILES string of the molecule is CCOc1ccccc1NC(=O)c1ccc(OC)cc1N. The van der Waals surface area contributed by atoms with Crippen LogP contribution in [0.3, 0.4) is 0 Å². The molecule has 0 spiro atoms. The molecule has 2 aromatic rings. The molecule has 5 heteroatoms. The van der Waals surface area contributed by atoms with E-state index in [4.69, 9.17) is 15.2 Å². The van der Waals surface area contributed by atoms with Crippen LogP contribution in [-0.4, -0.2) is 19.6 Å². The third-order valence-electron chi connectivity index (χ3n) is 2.94. The molecule has 2 aromatic carbocycles. The lowest BCUT2D eigenvalue weighted by Gasteiger charge is -2.12. The van der Waals surface area contributed by atoms with Crippen LogP contribution in [0.2, 0.25) is 0 Å². The van der Waals surface area contributed by atoms with Crippen LogP contribution in [0.15, 0.2) is 42.5 Å². The average Bonchev–Trinajstić information content (AvgIpc) is 2.49. The van der Waals surface area contributed by atoms with E-state index in [1.807, 2.05) is 19.1 Å². The van der Waals surface area contributed by atoms with Crippen LogP contribution in [0.1, 0.15) is 17.3 Å². The first kappa shape index (κ1) is 14.7. The van der Waals surface area contributed by atoms with E-state index in [2.05, 4.69) is 5.32 Å². The molecule has 110 valence electrons. The molecule has 0 saturated carbocycles. The summed E-state index contributed by atoms with van der Waals surface area (Å²) in [6.45, 7) is 2.41. The molecule has 1 amide bonds. The minimum absolute atomic E-state index is 0.290. The fourth-order valence-corrected chi connectivity index (χ4v) is 1.92. The third-order valence-corrected chi connectivity index (χ3v) is 2.94. The predicted octanol–water partition coefficient (Wildman–Crippen LogP) is 2.93. The largest absolute Gasteiger partial charge is 0.497 e. The Morgan fingerprint density at radius 3 is 2.67 bits per heavy atom. The number of carbonyl (C=O) groups is 1. The highest BCUT2D eigenvalue weighted by Gasteiger charge is 2.13. The van der Waals surface area contributed by atoms with Gasteiger partial charge in [-0.1, -0.05) is 12.1 Å². The lowest BCUT2D eigenvalue weighted by molar-refractivity contribution is 0.102. The normalized spacial score (nSPS) is 10.0. The van der Waals surface area contributed by atoms with E-state index in [9.17, 15) is 4.79 Å². The van der Waals surface area contributed by atoms with Crippen LogP contribution in [-0.2, 0) is 0 Å². The molecule has 0 bridgehead atoms. The molecule has 0 aliphatic rings. The fourth-order valence-electron chi connectivity index (χ4n) is 1.92. The van der Waals surface area contributed by atoms with Gasteiger partial charge in [-0.15, -0.1) is 0 Å². The number of amides is 1. The van der Waals surface area contributed by atoms with Crippen LogP contribution in [0.5, 0.6) is 11.5 Å². The topological polar surface area (TPSA) is 73.6 Å². The van der Waals surface area contributed by atoms with Crippen LogP contribution in [0.4, 0.5) is 11.4 Å². The van der Waals surface area contributed by atoms with Gasteiger partial charge in [-0.3, -0.25) is 4.79 Å². The van der Waals surface area contributed by atoms with Crippen LogP contribution in [0.25, 0.3) is 0 Å². The quantitative estimate of drug-likeness (QED) is 0.829. The molecular formula is C16H18N2O3. The van der Waals surface area contributed by atoms with Gasteiger partial charge in [0.1, 0.15) is 11.5 Å². The molecule has 0 saturated heterocycles. The molecule has 0 aliphatic heterocycles. The fraction of sp³-hybridized carbons (Fsp3) is 0.188. The zero-order valence-corrected chi connectivity index (χ0v) is 12.1. The summed E-state index contributed by atoms with van der Waals surface area (Å²) in [6.07, 6.45) is 0. The summed E-state index contributed by atoms with van der Waals surface area (Å²) in [5.74, 6) is 0.946. The minimum Gasteiger partial charge on any atom is -0.497 e. The first-order valence-corrected chi connectivity index (χ1v) is 6.62. The molecule has 0 atom stereocenters. The van der Waals surface area contributed by atoms with Gasteiger partial charge in [0.25, 0.3) is 5.91 Å². The van der Waals surface area contributed by atoms with Gasteiger partial charge < -0.3 is 20.5 Å². The number of methoxy groups -OCH3 is 1. The van der Waals surface area contributed by atoms with Gasteiger partial charge in [0.05, 0.1) is 25.0 Å². The summed E-state index contributed by atoms with van der Waals surface area (Å²) >= 11 is 0. The van der Waals surface area contributed by atoms with E-state index in [-0.39, 0.29) is 5.91 Å². The lowest BCUT2D eigenvalue weighted by atomic mass is 10.1. The highest BCUT2D eigenvalue weighted by Crippen LogP contribution is 2.26. The van der Waals surface area contributed by atoms with E-state index < -0.39 is 0 Å². The highest BCUT2D eigenvalue weighted by molar-refractivity contribution is 6.08. The zero-order chi connectivity index (χ0) is 15.2. The molecule has 21 heavy (non-hydrogen) atoms. The number of anilines is 2. The second kappa shape index (κ2) is 6.65. The first-order valence-electron chi connectivity index (χ1n) is 6.62. The molecule has 3 N–H and O–H groups in total. The summed E-state index contributed by atoms with van der Waals surface area (Å²) in [5, 5.41) is 2.81. The van der Waals surface area contributed by atoms with Gasteiger partial charge >= 0.3 is 0 Å². The van der Waals surface area contributed by atoms with Crippen LogP contribution >= 0.6 is 0 Å². The molecule has 5 nitrogen and oxygen atoms in total. The Bertz CT molecular complexity index is 641. The smallest absolute Gasteiger partial charge is 0.257 e. The van der Waals surface area contributed by atoms with E-state index in [0.717, 1.165) is 0 Å². The standard InChI is InChI=1S/C16H18N2O3/c1-3-21-15-7-5-4-6-14(15)18-16(19)12-9-8-11(20-2)10-13(12)17/h4-10H,3,17H2,1-2H3,(H,18,19). The van der Waals surface area contributed by atoms with Crippen LogP contribution in [0, 0.1) is 0 Å². The second-order valence-electron chi connectivity index (χ2n) is 4.34. The summed E-state index contributed by atoms with van der Waals surface area (Å²) in [6, 6.07) is 12.2. The van der Waals surface area contributed by atoms with Crippen molar-refractivity contribution in [3.05, 3.63) is 48.0 Å². The third kappa shape index (κ3) is 3.45. The van der Waals surface area contributed by atoms with Crippen LogP contribution < -0.4 is 20.5 Å². The zero-order valence-electron chi connectivity index (χ0n) is 12.1. The van der Waals surface area contributed by atoms with Crippen molar-refractivity contribution in [2.75, 3.05) is 24.8 Å². The van der Waals surface area contributed by atoms with Gasteiger partial charge in [-0.05, 0) is 31.2 Å². The number of para-hydroxylation sites is 2. The highest BCUT2D eigenvalue weighted by atomic mass is 16.5. The van der Waals surface area contributed by atoms with Crippen molar-refractivity contribution >= 4 is 17.3 Å². The van der Waals surface area contributed by atoms with E-state index >= 15 is 0 Å². The Labute approximate surface area is 123 Å². The molecule has 0 heterocycles. The van der Waals surface area contributed by atoms with Crippen molar-refractivity contribution in [2.24, 2.45) is 0 Å². The van der Waals surface area contributed by atoms with E-state index in [1.54, 1.807) is 37.4 Å². The van der Waals surface area contributed by atoms with Gasteiger partial charge in [-0.2, -0.15) is 0 Å². The lowest BCUT2D eigenvalue weighted by Crippen LogP contribution is -2.14. The number of hydrogen-bond donors (Lipinski definition) is 2. The first-order chi connectivity index (χ1) is 10.2. The van der Waals surface area contributed by atoms with Gasteiger partial charge in [0.15, 0.2) is 0 Å². The van der Waals surface area contributed by atoms with Gasteiger partial charge in [0, 0.05) is 11.8 Å². The molecule has 0 fully saturated rings. The minimum atomic E-state index is -0.290.